The molecule has 0 fully saturated rings. The highest BCUT2D eigenvalue weighted by Gasteiger charge is 2.28. The summed E-state index contributed by atoms with van der Waals surface area (Å²) < 4.78 is 0. The zero-order valence-electron chi connectivity index (χ0n) is 16.7. The Morgan fingerprint density at radius 1 is 0.963 bits per heavy atom. The van der Waals surface area contributed by atoms with E-state index >= 15 is 0 Å². The van der Waals surface area contributed by atoms with Crippen LogP contribution in [0.15, 0.2) is 30.3 Å². The first-order valence-electron chi connectivity index (χ1n) is 9.09. The molecular formula is C23H26ClNO2. The molecule has 2 N–H and O–H groups in total. The lowest BCUT2D eigenvalue weighted by molar-refractivity contribution is -0.110. The van der Waals surface area contributed by atoms with E-state index in [9.17, 15) is 9.90 Å². The number of rotatable bonds is 1. The molecule has 0 aliphatic carbocycles. The number of amides is 1. The zero-order valence-corrected chi connectivity index (χ0v) is 17.5. The Kier molecular flexibility index (Phi) is 4.63. The molecule has 0 radical (unpaired) electrons. The molecule has 2 aromatic carbocycles. The Hall–Kier alpha value is -2.26. The van der Waals surface area contributed by atoms with E-state index in [1.807, 2.05) is 24.3 Å². The summed E-state index contributed by atoms with van der Waals surface area (Å²) in [5.41, 5.74) is 4.32. The molecule has 0 bridgehead atoms. The number of halogens is 1. The van der Waals surface area contributed by atoms with Crippen molar-refractivity contribution in [1.82, 2.24) is 0 Å². The van der Waals surface area contributed by atoms with Crippen molar-refractivity contribution in [3.8, 4) is 5.75 Å². The molecule has 1 heterocycles. The van der Waals surface area contributed by atoms with Crippen molar-refractivity contribution >= 4 is 34.8 Å². The van der Waals surface area contributed by atoms with E-state index in [-0.39, 0.29) is 16.7 Å². The van der Waals surface area contributed by atoms with Gasteiger partial charge in [0.1, 0.15) is 5.75 Å². The van der Waals surface area contributed by atoms with E-state index in [4.69, 9.17) is 11.6 Å². The minimum Gasteiger partial charge on any atom is -0.507 e. The fourth-order valence-corrected chi connectivity index (χ4v) is 3.53. The van der Waals surface area contributed by atoms with Crippen LogP contribution in [-0.4, -0.2) is 11.0 Å². The van der Waals surface area contributed by atoms with Gasteiger partial charge >= 0.3 is 0 Å². The third-order valence-corrected chi connectivity index (χ3v) is 5.06. The molecule has 0 atom stereocenters. The first-order chi connectivity index (χ1) is 12.4. The summed E-state index contributed by atoms with van der Waals surface area (Å²) in [7, 11) is 0. The van der Waals surface area contributed by atoms with Gasteiger partial charge in [-0.15, -0.1) is 0 Å². The number of fused-ring (bicyclic) bond motifs is 1. The minimum absolute atomic E-state index is 0.144. The molecular weight excluding hydrogens is 358 g/mol. The van der Waals surface area contributed by atoms with E-state index in [0.29, 0.717) is 16.3 Å². The lowest BCUT2D eigenvalue weighted by Gasteiger charge is -2.28. The molecule has 27 heavy (non-hydrogen) atoms. The lowest BCUT2D eigenvalue weighted by Crippen LogP contribution is -2.17. The van der Waals surface area contributed by atoms with Gasteiger partial charge in [-0.1, -0.05) is 53.1 Å². The fourth-order valence-electron chi connectivity index (χ4n) is 3.35. The van der Waals surface area contributed by atoms with Gasteiger partial charge in [-0.3, -0.25) is 4.79 Å². The lowest BCUT2D eigenvalue weighted by atomic mass is 9.78. The number of nitrogens with one attached hydrogen (secondary N) is 1. The summed E-state index contributed by atoms with van der Waals surface area (Å²) >= 11 is 6.13. The highest BCUT2D eigenvalue weighted by atomic mass is 35.5. The number of aromatic hydroxyl groups is 1. The first-order valence-corrected chi connectivity index (χ1v) is 9.46. The van der Waals surface area contributed by atoms with Crippen molar-refractivity contribution in [3.05, 3.63) is 57.6 Å². The molecule has 0 spiro atoms. The quantitative estimate of drug-likeness (QED) is 0.581. The molecule has 4 heteroatoms. The summed E-state index contributed by atoms with van der Waals surface area (Å²) in [4.78, 5) is 12.5. The second-order valence-corrected chi connectivity index (χ2v) is 9.60. The molecule has 0 unspecified atom stereocenters. The Morgan fingerprint density at radius 3 is 2.04 bits per heavy atom. The van der Waals surface area contributed by atoms with Crippen LogP contribution in [0.2, 0.25) is 5.02 Å². The Balaban J connectivity index is 2.23. The summed E-state index contributed by atoms with van der Waals surface area (Å²) in [6, 6.07) is 9.31. The Bertz CT molecular complexity index is 924. The Labute approximate surface area is 166 Å². The van der Waals surface area contributed by atoms with Gasteiger partial charge in [0.25, 0.3) is 5.91 Å². The van der Waals surface area contributed by atoms with Gasteiger partial charge in [-0.2, -0.15) is 0 Å². The second kappa shape index (κ2) is 6.42. The largest absolute Gasteiger partial charge is 0.507 e. The molecule has 1 aliphatic heterocycles. The van der Waals surface area contributed by atoms with Crippen LogP contribution in [-0.2, 0) is 15.6 Å². The number of phenolic OH excluding ortho intramolecular Hbond substituents is 1. The maximum absolute atomic E-state index is 12.5. The van der Waals surface area contributed by atoms with Crippen LogP contribution in [0.1, 0.15) is 63.8 Å². The predicted molar refractivity (Wildman–Crippen MR) is 113 cm³/mol. The molecule has 0 aromatic heterocycles. The van der Waals surface area contributed by atoms with E-state index in [1.54, 1.807) is 12.1 Å². The second-order valence-electron chi connectivity index (χ2n) is 9.17. The van der Waals surface area contributed by atoms with Crippen LogP contribution in [0.25, 0.3) is 11.6 Å². The zero-order chi connectivity index (χ0) is 20.1. The molecule has 142 valence electrons. The van der Waals surface area contributed by atoms with Crippen molar-refractivity contribution in [2.45, 2.75) is 52.4 Å². The maximum atomic E-state index is 12.5. The molecule has 3 rings (SSSR count). The third kappa shape index (κ3) is 3.74. The molecule has 0 saturated carbocycles. The first kappa shape index (κ1) is 19.5. The average molecular weight is 384 g/mol. The summed E-state index contributed by atoms with van der Waals surface area (Å²) in [5, 5.41) is 14.3. The van der Waals surface area contributed by atoms with E-state index in [0.717, 1.165) is 27.9 Å². The molecule has 1 amide bonds. The number of carbonyl (C=O) groups excluding carboxylic acids is 1. The summed E-state index contributed by atoms with van der Waals surface area (Å²) in [6.45, 7) is 12.4. The van der Waals surface area contributed by atoms with Gasteiger partial charge in [-0.05, 0) is 52.8 Å². The van der Waals surface area contributed by atoms with Crippen molar-refractivity contribution in [3.63, 3.8) is 0 Å². The van der Waals surface area contributed by atoms with Gasteiger partial charge in [0, 0.05) is 33.0 Å². The highest BCUT2D eigenvalue weighted by Crippen LogP contribution is 2.41. The number of anilines is 1. The van der Waals surface area contributed by atoms with Crippen molar-refractivity contribution in [2.75, 3.05) is 5.32 Å². The van der Waals surface area contributed by atoms with Crippen LogP contribution in [0.5, 0.6) is 5.75 Å². The summed E-state index contributed by atoms with van der Waals surface area (Å²) in [5.74, 6) is 0.187. The number of hydrogen-bond donors (Lipinski definition) is 2. The Morgan fingerprint density at radius 2 is 1.52 bits per heavy atom. The van der Waals surface area contributed by atoms with Crippen LogP contribution >= 0.6 is 11.6 Å². The van der Waals surface area contributed by atoms with Gasteiger partial charge in [0.2, 0.25) is 0 Å². The average Bonchev–Trinajstić information content (AvgIpc) is 2.82. The highest BCUT2D eigenvalue weighted by molar-refractivity contribution is 6.36. The van der Waals surface area contributed by atoms with Crippen LogP contribution in [0.4, 0.5) is 5.69 Å². The van der Waals surface area contributed by atoms with E-state index in [1.165, 1.54) is 0 Å². The van der Waals surface area contributed by atoms with Gasteiger partial charge in [0.15, 0.2) is 0 Å². The van der Waals surface area contributed by atoms with Gasteiger partial charge < -0.3 is 10.4 Å². The van der Waals surface area contributed by atoms with Crippen LogP contribution in [0, 0.1) is 0 Å². The van der Waals surface area contributed by atoms with E-state index in [2.05, 4.69) is 46.9 Å². The number of phenols is 1. The van der Waals surface area contributed by atoms with Crippen LogP contribution in [0.3, 0.4) is 0 Å². The summed E-state index contributed by atoms with van der Waals surface area (Å²) in [6.07, 6.45) is 1.88. The molecule has 1 aliphatic rings. The predicted octanol–water partition coefficient (Wildman–Crippen LogP) is 6.13. The standard InChI is InChI=1S/C23H26ClNO2/c1-22(2,3)17-10-13(11-18(20(17)26)23(4,5)6)9-16-15-12-14(24)7-8-19(15)25-21(16)27/h7-12,26H,1-6H3,(H,25,27). The fraction of sp³-hybridized carbons (Fsp3) is 0.348. The van der Waals surface area contributed by atoms with Crippen LogP contribution < -0.4 is 5.32 Å². The topological polar surface area (TPSA) is 49.3 Å². The van der Waals surface area contributed by atoms with Gasteiger partial charge in [-0.25, -0.2) is 0 Å². The third-order valence-electron chi connectivity index (χ3n) is 4.82. The van der Waals surface area contributed by atoms with Crippen molar-refractivity contribution in [1.29, 1.82) is 0 Å². The SMILES string of the molecule is CC(C)(C)c1cc(C=C2C(=O)Nc3ccc(Cl)cc32)cc(C(C)(C)C)c1O. The number of carbonyl (C=O) groups is 1. The minimum atomic E-state index is -0.224. The van der Waals surface area contributed by atoms with Gasteiger partial charge in [0.05, 0.1) is 0 Å². The normalized spacial score (nSPS) is 15.8. The van der Waals surface area contributed by atoms with Crippen molar-refractivity contribution in [2.24, 2.45) is 0 Å². The number of benzene rings is 2. The number of hydrogen-bond acceptors (Lipinski definition) is 2. The van der Waals surface area contributed by atoms with Crippen molar-refractivity contribution < 1.29 is 9.90 Å². The maximum Gasteiger partial charge on any atom is 0.256 e. The molecule has 3 nitrogen and oxygen atoms in total. The smallest absolute Gasteiger partial charge is 0.256 e. The van der Waals surface area contributed by atoms with E-state index < -0.39 is 0 Å². The molecule has 0 saturated heterocycles. The monoisotopic (exact) mass is 383 g/mol. The molecule has 2 aromatic rings.